The molecule has 2 aromatic rings. The van der Waals surface area contributed by atoms with E-state index in [1.54, 1.807) is 12.1 Å². The topological polar surface area (TPSA) is 111 Å². The Morgan fingerprint density at radius 1 is 0.900 bits per heavy atom. The highest BCUT2D eigenvalue weighted by atomic mass is 31.1. The van der Waals surface area contributed by atoms with Crippen molar-refractivity contribution in [3.63, 3.8) is 0 Å². The van der Waals surface area contributed by atoms with E-state index in [9.17, 15) is 14.2 Å². The van der Waals surface area contributed by atoms with Gasteiger partial charge in [-0.25, -0.2) is 9.59 Å². The fraction of sp³-hybridized carbons (Fsp3) is 0.333. The third-order valence-electron chi connectivity index (χ3n) is 4.08. The molecule has 0 aliphatic rings. The molecule has 2 atom stereocenters. The molecule has 2 N–H and O–H groups in total. The smallest absolute Gasteiger partial charge is 0.459 e. The third-order valence-corrected chi connectivity index (χ3v) is 4.51. The van der Waals surface area contributed by atoms with Crippen LogP contribution >= 0.6 is 8.25 Å². The van der Waals surface area contributed by atoms with Gasteiger partial charge in [0.2, 0.25) is 6.10 Å². The first-order valence-electron chi connectivity index (χ1n) is 9.52. The highest BCUT2D eigenvalue weighted by Crippen LogP contribution is 2.22. The van der Waals surface area contributed by atoms with Gasteiger partial charge in [0.05, 0.1) is 0 Å². The van der Waals surface area contributed by atoms with E-state index >= 15 is 0 Å². The standard InChI is InChI=1S/C21H24NO7P/c23-20(27-15-17-9-3-1-4-10-17)19(29-30(25)26)13-7-8-14-22-21(24)28-16-18-11-5-2-6-12-18/h1-6,9-12,19H,7-8,13-16H2,(H-,22,24,25,26)/p+1. The third kappa shape index (κ3) is 9.60. The van der Waals surface area contributed by atoms with Crippen LogP contribution in [0, 0.1) is 0 Å². The number of hydrogen-bond acceptors (Lipinski definition) is 6. The van der Waals surface area contributed by atoms with Crippen molar-refractivity contribution >= 4 is 20.3 Å². The number of alkyl carbamates (subject to hydrolysis) is 1. The number of esters is 1. The zero-order valence-corrected chi connectivity index (χ0v) is 17.3. The van der Waals surface area contributed by atoms with Crippen molar-refractivity contribution < 1.29 is 33.0 Å². The first-order valence-corrected chi connectivity index (χ1v) is 10.7. The van der Waals surface area contributed by atoms with Crippen molar-refractivity contribution in [2.45, 2.75) is 38.6 Å². The summed E-state index contributed by atoms with van der Waals surface area (Å²) in [6.07, 6.45) is -0.475. The summed E-state index contributed by atoms with van der Waals surface area (Å²) in [5, 5.41) is 2.62. The monoisotopic (exact) mass is 434 g/mol. The molecule has 2 rings (SSSR count). The summed E-state index contributed by atoms with van der Waals surface area (Å²) in [6.45, 7) is 0.570. The van der Waals surface area contributed by atoms with Gasteiger partial charge in [0, 0.05) is 11.1 Å². The van der Waals surface area contributed by atoms with Gasteiger partial charge in [-0.05, 0) is 30.4 Å². The van der Waals surface area contributed by atoms with Gasteiger partial charge in [-0.3, -0.25) is 0 Å². The zero-order chi connectivity index (χ0) is 21.6. The number of carbonyl (C=O) groups excluding carboxylic acids is 2. The number of hydrogen-bond donors (Lipinski definition) is 2. The lowest BCUT2D eigenvalue weighted by Crippen LogP contribution is -2.27. The molecule has 8 nitrogen and oxygen atoms in total. The highest BCUT2D eigenvalue weighted by Gasteiger charge is 2.30. The Hall–Kier alpha value is -2.80. The molecule has 0 aromatic heterocycles. The Bertz CT molecular complexity index is 802. The number of amides is 1. The summed E-state index contributed by atoms with van der Waals surface area (Å²) in [7, 11) is -2.94. The normalized spacial score (nSPS) is 12.0. The van der Waals surface area contributed by atoms with E-state index < -0.39 is 26.4 Å². The van der Waals surface area contributed by atoms with Crippen molar-refractivity contribution in [2.75, 3.05) is 6.54 Å². The number of rotatable bonds is 12. The van der Waals surface area contributed by atoms with Crippen LogP contribution in [0.5, 0.6) is 0 Å². The van der Waals surface area contributed by atoms with Crippen LogP contribution in [0.25, 0.3) is 0 Å². The second-order valence-electron chi connectivity index (χ2n) is 6.41. The summed E-state index contributed by atoms with van der Waals surface area (Å²) in [4.78, 5) is 32.8. The van der Waals surface area contributed by atoms with Gasteiger partial charge in [0.25, 0.3) is 0 Å². The SMILES string of the molecule is O=C(NCCCCC(O[P+](=O)O)C(=O)OCc1ccccc1)OCc1ccccc1. The quantitative estimate of drug-likeness (QED) is 0.296. The Kier molecular flexibility index (Phi) is 10.5. The van der Waals surface area contributed by atoms with Crippen LogP contribution in [0.1, 0.15) is 30.4 Å². The van der Waals surface area contributed by atoms with Gasteiger partial charge in [0.15, 0.2) is 0 Å². The number of ether oxygens (including phenoxy) is 2. The van der Waals surface area contributed by atoms with Crippen LogP contribution in [0.3, 0.4) is 0 Å². The molecule has 160 valence electrons. The number of unbranched alkanes of at least 4 members (excludes halogenated alkanes) is 1. The minimum absolute atomic E-state index is 0.0521. The van der Waals surface area contributed by atoms with Crippen molar-refractivity contribution in [2.24, 2.45) is 0 Å². The minimum atomic E-state index is -2.94. The van der Waals surface area contributed by atoms with Crippen molar-refractivity contribution in [3.05, 3.63) is 71.8 Å². The first-order chi connectivity index (χ1) is 14.5. The van der Waals surface area contributed by atoms with Crippen LogP contribution in [0.15, 0.2) is 60.7 Å². The molecule has 0 heterocycles. The molecule has 0 saturated heterocycles. The summed E-state index contributed by atoms with van der Waals surface area (Å²) in [5.41, 5.74) is 1.69. The van der Waals surface area contributed by atoms with Crippen LogP contribution in [-0.4, -0.2) is 29.6 Å². The van der Waals surface area contributed by atoms with Crippen LogP contribution in [0.4, 0.5) is 4.79 Å². The van der Waals surface area contributed by atoms with E-state index in [4.69, 9.17) is 18.9 Å². The van der Waals surface area contributed by atoms with Crippen molar-refractivity contribution in [1.82, 2.24) is 5.32 Å². The fourth-order valence-corrected chi connectivity index (χ4v) is 2.97. The summed E-state index contributed by atoms with van der Waals surface area (Å²) < 4.78 is 26.1. The molecule has 9 heteroatoms. The predicted octanol–water partition coefficient (Wildman–Crippen LogP) is 3.86. The molecular formula is C21H25NO7P+. The summed E-state index contributed by atoms with van der Waals surface area (Å²) in [6, 6.07) is 18.4. The average molecular weight is 434 g/mol. The molecule has 0 aliphatic heterocycles. The molecule has 1 amide bonds. The number of carbonyl (C=O) groups is 2. The second kappa shape index (κ2) is 13.4. The lowest BCUT2D eigenvalue weighted by atomic mass is 10.1. The van der Waals surface area contributed by atoms with Crippen LogP contribution in [0.2, 0.25) is 0 Å². The number of nitrogens with one attached hydrogen (secondary N) is 1. The predicted molar refractivity (Wildman–Crippen MR) is 109 cm³/mol. The van der Waals surface area contributed by atoms with Gasteiger partial charge in [-0.2, -0.15) is 0 Å². The van der Waals surface area contributed by atoms with E-state index in [1.165, 1.54) is 0 Å². The lowest BCUT2D eigenvalue weighted by Gasteiger charge is -2.11. The van der Waals surface area contributed by atoms with Crippen LogP contribution in [-0.2, 0) is 36.6 Å². The van der Waals surface area contributed by atoms with E-state index in [1.807, 2.05) is 48.5 Å². The lowest BCUT2D eigenvalue weighted by molar-refractivity contribution is -0.153. The molecule has 0 fully saturated rings. The maximum Gasteiger partial charge on any atom is 0.695 e. The van der Waals surface area contributed by atoms with Gasteiger partial charge in [-0.15, -0.1) is 9.42 Å². The molecule has 0 aliphatic carbocycles. The van der Waals surface area contributed by atoms with Crippen molar-refractivity contribution in [3.8, 4) is 0 Å². The maximum absolute atomic E-state index is 12.2. The largest absolute Gasteiger partial charge is 0.695 e. The molecule has 0 bridgehead atoms. The Labute approximate surface area is 176 Å². The van der Waals surface area contributed by atoms with Gasteiger partial charge >= 0.3 is 20.3 Å². The highest BCUT2D eigenvalue weighted by molar-refractivity contribution is 7.32. The molecule has 2 aromatic carbocycles. The van der Waals surface area contributed by atoms with E-state index in [-0.39, 0.29) is 19.6 Å². The zero-order valence-electron chi connectivity index (χ0n) is 16.4. The van der Waals surface area contributed by atoms with Gasteiger partial charge < -0.3 is 14.8 Å². The summed E-state index contributed by atoms with van der Waals surface area (Å²) in [5.74, 6) is -0.702. The van der Waals surface area contributed by atoms with E-state index in [0.717, 1.165) is 11.1 Å². The Morgan fingerprint density at radius 2 is 1.47 bits per heavy atom. The molecule has 30 heavy (non-hydrogen) atoms. The molecule has 0 spiro atoms. The fourth-order valence-electron chi connectivity index (χ4n) is 2.56. The molecular weight excluding hydrogens is 409 g/mol. The van der Waals surface area contributed by atoms with E-state index in [0.29, 0.717) is 19.4 Å². The molecule has 2 unspecified atom stereocenters. The Balaban J connectivity index is 1.65. The van der Waals surface area contributed by atoms with Gasteiger partial charge in [0.1, 0.15) is 13.2 Å². The Morgan fingerprint density at radius 3 is 2.03 bits per heavy atom. The van der Waals surface area contributed by atoms with E-state index in [2.05, 4.69) is 5.32 Å². The maximum atomic E-state index is 12.2. The van der Waals surface area contributed by atoms with Crippen molar-refractivity contribution in [1.29, 1.82) is 0 Å². The van der Waals surface area contributed by atoms with Gasteiger partial charge in [-0.1, -0.05) is 60.7 Å². The minimum Gasteiger partial charge on any atom is -0.459 e. The molecule has 0 radical (unpaired) electrons. The first kappa shape index (κ1) is 23.5. The molecule has 0 saturated carbocycles. The summed E-state index contributed by atoms with van der Waals surface area (Å²) >= 11 is 0. The average Bonchev–Trinajstić information content (AvgIpc) is 2.76. The second-order valence-corrected chi connectivity index (χ2v) is 7.10. The van der Waals surface area contributed by atoms with Crippen LogP contribution < -0.4 is 5.32 Å². The number of benzene rings is 2.